The van der Waals surface area contributed by atoms with Crippen molar-refractivity contribution in [2.24, 2.45) is 0 Å². The third-order valence-corrected chi connectivity index (χ3v) is 4.54. The van der Waals surface area contributed by atoms with E-state index < -0.39 is 0 Å². The van der Waals surface area contributed by atoms with Crippen LogP contribution in [-0.2, 0) is 19.4 Å². The number of hydrogen-bond acceptors (Lipinski definition) is 4. The van der Waals surface area contributed by atoms with Crippen molar-refractivity contribution in [2.45, 2.75) is 31.8 Å². The van der Waals surface area contributed by atoms with Gasteiger partial charge in [0.15, 0.2) is 5.13 Å². The van der Waals surface area contributed by atoms with Crippen LogP contribution in [0.1, 0.15) is 22.6 Å². The highest BCUT2D eigenvalue weighted by Gasteiger charge is 2.23. The number of hydrogen-bond donors (Lipinski definition) is 3. The van der Waals surface area contributed by atoms with E-state index in [1.165, 1.54) is 16.2 Å². The maximum Gasteiger partial charge on any atom is 0.315 e. The number of fused-ring (bicyclic) bond motifs is 1. The van der Waals surface area contributed by atoms with Crippen molar-refractivity contribution in [1.29, 1.82) is 0 Å². The lowest BCUT2D eigenvalue weighted by atomic mass is 9.98. The number of aryl methyl sites for hydroxylation is 1. The van der Waals surface area contributed by atoms with Crippen LogP contribution in [0.25, 0.3) is 0 Å². The van der Waals surface area contributed by atoms with E-state index in [0.29, 0.717) is 11.7 Å². The zero-order chi connectivity index (χ0) is 14.7. The molecule has 1 heterocycles. The molecule has 0 radical (unpaired) electrons. The number of anilines is 1. The molecule has 3 rings (SSSR count). The van der Waals surface area contributed by atoms with Gasteiger partial charge in [0, 0.05) is 23.9 Å². The fourth-order valence-corrected chi connectivity index (χ4v) is 3.49. The molecule has 1 atom stereocenters. The molecule has 2 amide bonds. The molecule has 0 bridgehead atoms. The van der Waals surface area contributed by atoms with E-state index >= 15 is 0 Å². The Morgan fingerprint density at radius 1 is 1.38 bits per heavy atom. The maximum atomic E-state index is 11.9. The normalized spacial score (nSPS) is 17.0. The number of nitrogens with one attached hydrogen (secondary N) is 2. The summed E-state index contributed by atoms with van der Waals surface area (Å²) >= 11 is 1.53. The molecular formula is C15H18N4OS. The number of carbonyl (C=O) groups excluding carboxylic acids is 1. The van der Waals surface area contributed by atoms with Crippen LogP contribution in [0.4, 0.5) is 9.93 Å². The molecule has 6 heteroatoms. The number of thiazole rings is 1. The van der Waals surface area contributed by atoms with Gasteiger partial charge >= 0.3 is 6.03 Å². The van der Waals surface area contributed by atoms with Crippen LogP contribution in [0.5, 0.6) is 0 Å². The van der Waals surface area contributed by atoms with Gasteiger partial charge in [0.2, 0.25) is 0 Å². The summed E-state index contributed by atoms with van der Waals surface area (Å²) in [5.74, 6) is 0. The molecule has 0 saturated carbocycles. The van der Waals surface area contributed by atoms with Gasteiger partial charge in [-0.3, -0.25) is 0 Å². The van der Waals surface area contributed by atoms with Crippen molar-refractivity contribution < 1.29 is 4.79 Å². The van der Waals surface area contributed by atoms with Gasteiger partial charge in [-0.2, -0.15) is 0 Å². The first kappa shape index (κ1) is 13.9. The molecule has 4 N–H and O–H groups in total. The minimum atomic E-state index is -0.121. The second kappa shape index (κ2) is 6.13. The van der Waals surface area contributed by atoms with Crippen LogP contribution < -0.4 is 16.4 Å². The summed E-state index contributed by atoms with van der Waals surface area (Å²) in [4.78, 5) is 17.5. The molecule has 0 spiro atoms. The van der Waals surface area contributed by atoms with Gasteiger partial charge < -0.3 is 16.4 Å². The van der Waals surface area contributed by atoms with Crippen LogP contribution in [0.2, 0.25) is 0 Å². The highest BCUT2D eigenvalue weighted by molar-refractivity contribution is 7.15. The summed E-state index contributed by atoms with van der Waals surface area (Å²) in [7, 11) is 0. The number of nitrogens with zero attached hydrogens (tertiary/aromatic N) is 1. The van der Waals surface area contributed by atoms with Crippen molar-refractivity contribution in [3.05, 3.63) is 46.5 Å². The summed E-state index contributed by atoms with van der Waals surface area (Å²) in [6, 6.07) is 9.92. The lowest BCUT2D eigenvalue weighted by Gasteiger charge is -2.22. The zero-order valence-corrected chi connectivity index (χ0v) is 12.5. The van der Waals surface area contributed by atoms with Gasteiger partial charge in [-0.05, 0) is 18.4 Å². The highest BCUT2D eigenvalue weighted by Crippen LogP contribution is 2.27. The SMILES string of the molecule is Nc1nc2c(s1)CC(NC(=O)NCc1ccccc1)CC2. The molecule has 0 fully saturated rings. The fraction of sp³-hybridized carbons (Fsp3) is 0.333. The summed E-state index contributed by atoms with van der Waals surface area (Å²) in [6.45, 7) is 0.540. The second-order valence-corrected chi connectivity index (χ2v) is 6.29. The molecule has 1 aliphatic rings. The molecule has 1 aliphatic carbocycles. The number of urea groups is 1. The maximum absolute atomic E-state index is 11.9. The molecule has 1 aromatic carbocycles. The largest absolute Gasteiger partial charge is 0.375 e. The molecule has 0 aliphatic heterocycles. The van der Waals surface area contributed by atoms with Crippen molar-refractivity contribution in [1.82, 2.24) is 15.6 Å². The van der Waals surface area contributed by atoms with E-state index in [4.69, 9.17) is 5.73 Å². The third kappa shape index (κ3) is 3.52. The molecule has 1 aromatic heterocycles. The van der Waals surface area contributed by atoms with Gasteiger partial charge in [0.1, 0.15) is 0 Å². The highest BCUT2D eigenvalue weighted by atomic mass is 32.1. The van der Waals surface area contributed by atoms with E-state index in [-0.39, 0.29) is 12.1 Å². The van der Waals surface area contributed by atoms with Crippen molar-refractivity contribution in [2.75, 3.05) is 5.73 Å². The molecule has 1 unspecified atom stereocenters. The second-order valence-electron chi connectivity index (χ2n) is 5.17. The van der Waals surface area contributed by atoms with Gasteiger partial charge in [0.05, 0.1) is 5.69 Å². The Morgan fingerprint density at radius 2 is 2.19 bits per heavy atom. The molecule has 21 heavy (non-hydrogen) atoms. The Balaban J connectivity index is 1.50. The molecule has 110 valence electrons. The number of rotatable bonds is 3. The first-order valence-electron chi connectivity index (χ1n) is 7.03. The Bertz CT molecular complexity index is 626. The van der Waals surface area contributed by atoms with E-state index in [9.17, 15) is 4.79 Å². The van der Waals surface area contributed by atoms with Gasteiger partial charge in [-0.15, -0.1) is 11.3 Å². The Kier molecular flexibility index (Phi) is 4.06. The molecule has 0 saturated heterocycles. The van der Waals surface area contributed by atoms with Gasteiger partial charge in [-0.1, -0.05) is 30.3 Å². The first-order chi connectivity index (χ1) is 10.2. The van der Waals surface area contributed by atoms with Crippen molar-refractivity contribution >= 4 is 22.5 Å². The standard InChI is InChI=1S/C15H18N4OS/c16-14-19-12-7-6-11(8-13(12)21-14)18-15(20)17-9-10-4-2-1-3-5-10/h1-5,11H,6-9H2,(H2,16,19)(H2,17,18,20). The first-order valence-corrected chi connectivity index (χ1v) is 7.84. The zero-order valence-electron chi connectivity index (χ0n) is 11.6. The molecule has 5 nitrogen and oxygen atoms in total. The predicted molar refractivity (Wildman–Crippen MR) is 84.2 cm³/mol. The lowest BCUT2D eigenvalue weighted by Crippen LogP contribution is -2.44. The molecule has 2 aromatic rings. The van der Waals surface area contributed by atoms with Crippen LogP contribution in [0.15, 0.2) is 30.3 Å². The average molecular weight is 302 g/mol. The van der Waals surface area contributed by atoms with Crippen molar-refractivity contribution in [3.8, 4) is 0 Å². The quantitative estimate of drug-likeness (QED) is 0.812. The minimum absolute atomic E-state index is 0.121. The summed E-state index contributed by atoms with van der Waals surface area (Å²) < 4.78 is 0. The van der Waals surface area contributed by atoms with Gasteiger partial charge in [0.25, 0.3) is 0 Å². The van der Waals surface area contributed by atoms with Crippen LogP contribution in [0.3, 0.4) is 0 Å². The number of nitrogen functional groups attached to an aromatic ring is 1. The summed E-state index contributed by atoms with van der Waals surface area (Å²) in [5.41, 5.74) is 7.91. The van der Waals surface area contributed by atoms with E-state index in [0.717, 1.165) is 30.5 Å². The molecular weight excluding hydrogens is 284 g/mol. The Hall–Kier alpha value is -2.08. The number of nitrogens with two attached hydrogens (primary N) is 1. The topological polar surface area (TPSA) is 80.0 Å². The fourth-order valence-electron chi connectivity index (χ4n) is 2.53. The van der Waals surface area contributed by atoms with Crippen LogP contribution in [0, 0.1) is 0 Å². The predicted octanol–water partition coefficient (Wildman–Crippen LogP) is 2.08. The lowest BCUT2D eigenvalue weighted by molar-refractivity contribution is 0.235. The number of benzene rings is 1. The monoisotopic (exact) mass is 302 g/mol. The third-order valence-electron chi connectivity index (χ3n) is 3.59. The summed E-state index contributed by atoms with van der Waals surface area (Å²) in [6.07, 6.45) is 2.62. The Labute approximate surface area is 127 Å². The number of aromatic nitrogens is 1. The Morgan fingerprint density at radius 3 is 3.00 bits per heavy atom. The van der Waals surface area contributed by atoms with E-state index in [1.54, 1.807) is 0 Å². The number of carbonyl (C=O) groups is 1. The average Bonchev–Trinajstić information content (AvgIpc) is 2.85. The van der Waals surface area contributed by atoms with Crippen LogP contribution >= 0.6 is 11.3 Å². The van der Waals surface area contributed by atoms with Crippen LogP contribution in [-0.4, -0.2) is 17.1 Å². The summed E-state index contributed by atoms with van der Waals surface area (Å²) in [5, 5.41) is 6.54. The van der Waals surface area contributed by atoms with Crippen molar-refractivity contribution in [3.63, 3.8) is 0 Å². The van der Waals surface area contributed by atoms with E-state index in [1.807, 2.05) is 30.3 Å². The smallest absolute Gasteiger partial charge is 0.315 e. The van der Waals surface area contributed by atoms with Gasteiger partial charge in [-0.25, -0.2) is 9.78 Å². The van der Waals surface area contributed by atoms with E-state index in [2.05, 4.69) is 15.6 Å². The minimum Gasteiger partial charge on any atom is -0.375 e. The number of amides is 2.